The van der Waals surface area contributed by atoms with Crippen molar-refractivity contribution in [3.8, 4) is 0 Å². The monoisotopic (exact) mass is 206 g/mol. The molecule has 86 valence electrons. The van der Waals surface area contributed by atoms with E-state index in [1.807, 2.05) is 0 Å². The van der Waals surface area contributed by atoms with Crippen molar-refractivity contribution in [1.82, 2.24) is 0 Å². The molecular formula is C10H22O4. The molecule has 0 radical (unpaired) electrons. The lowest BCUT2D eigenvalue weighted by atomic mass is 10.3. The van der Waals surface area contributed by atoms with Crippen LogP contribution in [-0.2, 0) is 4.74 Å². The molecule has 0 aliphatic carbocycles. The second kappa shape index (κ2) is 18.3. The topological polar surface area (TPSA) is 69.9 Å². The van der Waals surface area contributed by atoms with E-state index in [0.29, 0.717) is 6.61 Å². The Morgan fingerprint density at radius 2 is 1.29 bits per heavy atom. The number of unbranched alkanes of at least 4 members (excludes halogenated alkanes) is 2. The van der Waals surface area contributed by atoms with Gasteiger partial charge in [0.1, 0.15) is 0 Å². The minimum Gasteiger partial charge on any atom is -0.502 e. The third-order valence-electron chi connectivity index (χ3n) is 1.35. The van der Waals surface area contributed by atoms with Crippen LogP contribution in [0.1, 0.15) is 25.7 Å². The van der Waals surface area contributed by atoms with E-state index in [-0.39, 0.29) is 19.8 Å². The number of aliphatic hydroxyl groups excluding tert-OH is 3. The Kier molecular flexibility index (Phi) is 20.7. The van der Waals surface area contributed by atoms with Gasteiger partial charge in [-0.3, -0.25) is 0 Å². The second-order valence-corrected chi connectivity index (χ2v) is 2.62. The Morgan fingerprint density at radius 1 is 0.857 bits per heavy atom. The van der Waals surface area contributed by atoms with Gasteiger partial charge in [-0.1, -0.05) is 6.58 Å². The molecule has 0 amide bonds. The van der Waals surface area contributed by atoms with E-state index in [1.54, 1.807) is 0 Å². The van der Waals surface area contributed by atoms with Gasteiger partial charge < -0.3 is 20.1 Å². The Hall–Kier alpha value is -0.580. The molecule has 0 bridgehead atoms. The zero-order valence-electron chi connectivity index (χ0n) is 8.69. The largest absolute Gasteiger partial charge is 0.502 e. The normalized spacial score (nSPS) is 8.79. The summed E-state index contributed by atoms with van der Waals surface area (Å²) in [4.78, 5) is 0. The summed E-state index contributed by atoms with van der Waals surface area (Å²) in [6.45, 7) is 4.68. The van der Waals surface area contributed by atoms with Crippen LogP contribution in [0.25, 0.3) is 0 Å². The molecule has 0 saturated carbocycles. The summed E-state index contributed by atoms with van der Waals surface area (Å²) in [7, 11) is 0. The predicted octanol–water partition coefficient (Wildman–Crippen LogP) is 0.670. The van der Waals surface area contributed by atoms with E-state index >= 15 is 0 Å². The first kappa shape index (κ1) is 15.9. The summed E-state index contributed by atoms with van der Waals surface area (Å²) in [5.41, 5.74) is 0. The SMILES string of the molecule is C=COCCCCO.OCCCCO. The number of rotatable bonds is 8. The van der Waals surface area contributed by atoms with Crippen LogP contribution in [0.3, 0.4) is 0 Å². The van der Waals surface area contributed by atoms with E-state index in [2.05, 4.69) is 6.58 Å². The predicted molar refractivity (Wildman–Crippen MR) is 55.9 cm³/mol. The second-order valence-electron chi connectivity index (χ2n) is 2.62. The molecule has 0 atom stereocenters. The van der Waals surface area contributed by atoms with Crippen molar-refractivity contribution in [2.45, 2.75) is 25.7 Å². The first-order valence-corrected chi connectivity index (χ1v) is 4.88. The molecule has 0 aromatic rings. The van der Waals surface area contributed by atoms with Crippen LogP contribution in [0, 0.1) is 0 Å². The maximum atomic E-state index is 8.28. The van der Waals surface area contributed by atoms with Gasteiger partial charge in [-0.2, -0.15) is 0 Å². The molecule has 0 unspecified atom stereocenters. The van der Waals surface area contributed by atoms with Gasteiger partial charge in [0.05, 0.1) is 12.9 Å². The van der Waals surface area contributed by atoms with Crippen molar-refractivity contribution < 1.29 is 20.1 Å². The van der Waals surface area contributed by atoms with Gasteiger partial charge in [0.2, 0.25) is 0 Å². The average molecular weight is 206 g/mol. The van der Waals surface area contributed by atoms with Crippen molar-refractivity contribution in [2.75, 3.05) is 26.4 Å². The smallest absolute Gasteiger partial charge is 0.0873 e. The fraction of sp³-hybridized carbons (Fsp3) is 0.800. The molecule has 14 heavy (non-hydrogen) atoms. The van der Waals surface area contributed by atoms with E-state index in [1.165, 1.54) is 6.26 Å². The molecule has 0 rings (SSSR count). The van der Waals surface area contributed by atoms with Crippen LogP contribution in [0.2, 0.25) is 0 Å². The Bertz CT molecular complexity index is 92.1. The highest BCUT2D eigenvalue weighted by atomic mass is 16.5. The number of aliphatic hydroxyl groups is 3. The van der Waals surface area contributed by atoms with Crippen LogP contribution in [-0.4, -0.2) is 41.7 Å². The number of ether oxygens (including phenoxy) is 1. The molecule has 4 heteroatoms. The Morgan fingerprint density at radius 3 is 1.64 bits per heavy atom. The molecular weight excluding hydrogens is 184 g/mol. The Labute approximate surface area is 85.8 Å². The quantitative estimate of drug-likeness (QED) is 0.403. The molecule has 4 nitrogen and oxygen atoms in total. The minimum absolute atomic E-state index is 0.195. The molecule has 0 aromatic heterocycles. The third kappa shape index (κ3) is 22.5. The molecule has 0 aliphatic heterocycles. The maximum Gasteiger partial charge on any atom is 0.0873 e. The zero-order chi connectivity index (χ0) is 11.1. The average Bonchev–Trinajstić information content (AvgIpc) is 2.22. The highest BCUT2D eigenvalue weighted by Crippen LogP contribution is 1.87. The number of hydrogen-bond donors (Lipinski definition) is 3. The van der Waals surface area contributed by atoms with E-state index in [0.717, 1.165) is 25.7 Å². The molecule has 3 N–H and O–H groups in total. The van der Waals surface area contributed by atoms with Crippen LogP contribution in [0.4, 0.5) is 0 Å². The lowest BCUT2D eigenvalue weighted by Crippen LogP contribution is -1.89. The molecule has 0 aliphatic rings. The lowest BCUT2D eigenvalue weighted by Gasteiger charge is -1.95. The van der Waals surface area contributed by atoms with Crippen molar-refractivity contribution in [2.24, 2.45) is 0 Å². The summed E-state index contributed by atoms with van der Waals surface area (Å²) >= 11 is 0. The fourth-order valence-electron chi connectivity index (χ4n) is 0.604. The van der Waals surface area contributed by atoms with E-state index < -0.39 is 0 Å². The summed E-state index contributed by atoms with van der Waals surface area (Å²) in [5.74, 6) is 0. The van der Waals surface area contributed by atoms with Gasteiger partial charge in [0, 0.05) is 19.8 Å². The highest BCUT2D eigenvalue weighted by Gasteiger charge is 1.82. The zero-order valence-corrected chi connectivity index (χ0v) is 8.69. The van der Waals surface area contributed by atoms with Gasteiger partial charge in [-0.05, 0) is 25.7 Å². The molecule has 0 fully saturated rings. The van der Waals surface area contributed by atoms with Crippen LogP contribution < -0.4 is 0 Å². The van der Waals surface area contributed by atoms with Crippen LogP contribution >= 0.6 is 0 Å². The van der Waals surface area contributed by atoms with Gasteiger partial charge >= 0.3 is 0 Å². The lowest BCUT2D eigenvalue weighted by molar-refractivity contribution is 0.220. The summed E-state index contributed by atoms with van der Waals surface area (Å²) < 4.78 is 4.79. The van der Waals surface area contributed by atoms with Crippen molar-refractivity contribution in [3.63, 3.8) is 0 Å². The minimum atomic E-state index is 0.195. The maximum absolute atomic E-state index is 8.28. The first-order valence-electron chi connectivity index (χ1n) is 4.88. The summed E-state index contributed by atoms with van der Waals surface area (Å²) in [6, 6.07) is 0. The van der Waals surface area contributed by atoms with Gasteiger partial charge in [-0.25, -0.2) is 0 Å². The third-order valence-corrected chi connectivity index (χ3v) is 1.35. The van der Waals surface area contributed by atoms with E-state index in [9.17, 15) is 0 Å². The van der Waals surface area contributed by atoms with Gasteiger partial charge in [0.15, 0.2) is 0 Å². The summed E-state index contributed by atoms with van der Waals surface area (Å²) in [6.07, 6.45) is 4.57. The molecule has 0 heterocycles. The van der Waals surface area contributed by atoms with Crippen LogP contribution in [0.15, 0.2) is 12.8 Å². The van der Waals surface area contributed by atoms with Crippen molar-refractivity contribution in [3.05, 3.63) is 12.8 Å². The van der Waals surface area contributed by atoms with Gasteiger partial charge in [0.25, 0.3) is 0 Å². The first-order chi connectivity index (χ1) is 6.83. The van der Waals surface area contributed by atoms with Crippen LogP contribution in [0.5, 0.6) is 0 Å². The molecule has 0 saturated heterocycles. The van der Waals surface area contributed by atoms with E-state index in [4.69, 9.17) is 20.1 Å². The molecule has 0 aromatic carbocycles. The fourth-order valence-corrected chi connectivity index (χ4v) is 0.604. The highest BCUT2D eigenvalue weighted by molar-refractivity contribution is 4.48. The Balaban J connectivity index is 0. The number of hydrogen-bond acceptors (Lipinski definition) is 4. The van der Waals surface area contributed by atoms with Gasteiger partial charge in [-0.15, -0.1) is 0 Å². The summed E-state index contributed by atoms with van der Waals surface area (Å²) in [5, 5.41) is 24.5. The van der Waals surface area contributed by atoms with Crippen molar-refractivity contribution >= 4 is 0 Å². The molecule has 0 spiro atoms. The standard InChI is InChI=1S/C6H12O2.C4H10O2/c1-2-8-6-4-3-5-7;5-3-1-2-4-6/h2,7H,1,3-6H2;5-6H,1-4H2. The van der Waals surface area contributed by atoms with Crippen molar-refractivity contribution in [1.29, 1.82) is 0 Å².